The van der Waals surface area contributed by atoms with Crippen molar-refractivity contribution in [1.82, 2.24) is 20.6 Å². The normalized spacial score (nSPS) is 10.9. The number of aromatic nitrogens is 2. The van der Waals surface area contributed by atoms with Crippen LogP contribution in [-0.2, 0) is 4.79 Å². The third-order valence-electron chi connectivity index (χ3n) is 2.01. The molecular formula is C12H17ClN4O2. The smallest absolute Gasteiger partial charge is 0.271 e. The summed E-state index contributed by atoms with van der Waals surface area (Å²) in [4.78, 5) is 30.7. The first-order chi connectivity index (χ1) is 8.78. The van der Waals surface area contributed by atoms with Gasteiger partial charge in [0.25, 0.3) is 5.91 Å². The SMILES string of the molecule is CC(C)(C)NC(=O)CCNC(=O)c1cnc(Cl)cn1. The maximum absolute atomic E-state index is 11.6. The highest BCUT2D eigenvalue weighted by molar-refractivity contribution is 6.29. The number of amides is 2. The van der Waals surface area contributed by atoms with Crippen molar-refractivity contribution >= 4 is 23.4 Å². The fourth-order valence-electron chi connectivity index (χ4n) is 1.29. The van der Waals surface area contributed by atoms with Crippen molar-refractivity contribution in [3.63, 3.8) is 0 Å². The number of nitrogens with one attached hydrogen (secondary N) is 2. The van der Waals surface area contributed by atoms with E-state index in [1.807, 2.05) is 20.8 Å². The van der Waals surface area contributed by atoms with Gasteiger partial charge < -0.3 is 10.6 Å². The van der Waals surface area contributed by atoms with E-state index in [4.69, 9.17) is 11.6 Å². The van der Waals surface area contributed by atoms with Crippen LogP contribution in [0.4, 0.5) is 0 Å². The largest absolute Gasteiger partial charge is 0.351 e. The van der Waals surface area contributed by atoms with E-state index >= 15 is 0 Å². The van der Waals surface area contributed by atoms with Gasteiger partial charge >= 0.3 is 0 Å². The number of carbonyl (C=O) groups is 2. The molecule has 1 aromatic rings. The Balaban J connectivity index is 2.35. The van der Waals surface area contributed by atoms with Crippen LogP contribution in [0.1, 0.15) is 37.7 Å². The van der Waals surface area contributed by atoms with Gasteiger partial charge in [-0.15, -0.1) is 0 Å². The highest BCUT2D eigenvalue weighted by Gasteiger charge is 2.14. The lowest BCUT2D eigenvalue weighted by molar-refractivity contribution is -0.122. The van der Waals surface area contributed by atoms with Gasteiger partial charge in [-0.3, -0.25) is 9.59 Å². The molecule has 0 spiro atoms. The summed E-state index contributed by atoms with van der Waals surface area (Å²) in [5.74, 6) is -0.497. The Labute approximate surface area is 117 Å². The van der Waals surface area contributed by atoms with Crippen molar-refractivity contribution in [2.24, 2.45) is 0 Å². The number of carbonyl (C=O) groups excluding carboxylic acids is 2. The van der Waals surface area contributed by atoms with Crippen LogP contribution in [-0.4, -0.2) is 33.9 Å². The Morgan fingerprint density at radius 2 is 1.95 bits per heavy atom. The number of nitrogens with zero attached hydrogens (tertiary/aromatic N) is 2. The molecule has 0 aromatic carbocycles. The third kappa shape index (κ3) is 6.15. The zero-order valence-electron chi connectivity index (χ0n) is 11.2. The van der Waals surface area contributed by atoms with Crippen LogP contribution in [0.25, 0.3) is 0 Å². The Bertz CT molecular complexity index is 454. The Kier molecular flexibility index (Phi) is 5.23. The molecule has 2 N–H and O–H groups in total. The van der Waals surface area contributed by atoms with Gasteiger partial charge in [0.15, 0.2) is 0 Å². The molecule has 0 radical (unpaired) electrons. The molecular weight excluding hydrogens is 268 g/mol. The molecule has 7 heteroatoms. The van der Waals surface area contributed by atoms with Crippen molar-refractivity contribution in [3.05, 3.63) is 23.2 Å². The van der Waals surface area contributed by atoms with E-state index in [-0.39, 0.29) is 41.2 Å². The number of hydrogen-bond donors (Lipinski definition) is 2. The van der Waals surface area contributed by atoms with E-state index in [9.17, 15) is 9.59 Å². The molecule has 0 aliphatic heterocycles. The molecule has 1 rings (SSSR count). The molecule has 0 aliphatic rings. The molecule has 0 unspecified atom stereocenters. The van der Waals surface area contributed by atoms with Gasteiger partial charge in [0.2, 0.25) is 5.91 Å². The van der Waals surface area contributed by atoms with Crippen LogP contribution < -0.4 is 10.6 Å². The van der Waals surface area contributed by atoms with Crippen molar-refractivity contribution in [1.29, 1.82) is 0 Å². The summed E-state index contributed by atoms with van der Waals surface area (Å²) in [7, 11) is 0. The van der Waals surface area contributed by atoms with E-state index in [1.165, 1.54) is 12.4 Å². The molecule has 0 saturated heterocycles. The zero-order chi connectivity index (χ0) is 14.5. The molecule has 1 heterocycles. The van der Waals surface area contributed by atoms with Gasteiger partial charge in [0, 0.05) is 18.5 Å². The molecule has 0 bridgehead atoms. The minimum atomic E-state index is -0.382. The Morgan fingerprint density at radius 1 is 1.26 bits per heavy atom. The summed E-state index contributed by atoms with van der Waals surface area (Å²) >= 11 is 5.57. The summed E-state index contributed by atoms with van der Waals surface area (Å²) in [5.41, 5.74) is -0.108. The standard InChI is InChI=1S/C12H17ClN4O2/c1-12(2,3)17-10(18)4-5-14-11(19)8-6-16-9(13)7-15-8/h6-7H,4-5H2,1-3H3,(H,14,19)(H,17,18). The average Bonchev–Trinajstić information content (AvgIpc) is 2.27. The first-order valence-electron chi connectivity index (χ1n) is 5.85. The second kappa shape index (κ2) is 6.47. The minimum absolute atomic E-state index is 0.116. The summed E-state index contributed by atoms with van der Waals surface area (Å²) in [5, 5.41) is 5.62. The van der Waals surface area contributed by atoms with Gasteiger partial charge in [-0.25, -0.2) is 9.97 Å². The second-order valence-electron chi connectivity index (χ2n) is 5.03. The predicted molar refractivity (Wildman–Crippen MR) is 71.9 cm³/mol. The van der Waals surface area contributed by atoms with Crippen molar-refractivity contribution in [2.45, 2.75) is 32.7 Å². The van der Waals surface area contributed by atoms with Gasteiger partial charge in [-0.2, -0.15) is 0 Å². The lowest BCUT2D eigenvalue weighted by Crippen LogP contribution is -2.42. The van der Waals surface area contributed by atoms with Crippen LogP contribution in [0, 0.1) is 0 Å². The molecule has 2 amide bonds. The van der Waals surface area contributed by atoms with Gasteiger partial charge in [-0.1, -0.05) is 11.6 Å². The molecule has 6 nitrogen and oxygen atoms in total. The number of rotatable bonds is 4. The molecule has 1 aromatic heterocycles. The first-order valence-corrected chi connectivity index (χ1v) is 6.22. The van der Waals surface area contributed by atoms with Crippen molar-refractivity contribution in [3.8, 4) is 0 Å². The lowest BCUT2D eigenvalue weighted by atomic mass is 10.1. The minimum Gasteiger partial charge on any atom is -0.351 e. The fourth-order valence-corrected chi connectivity index (χ4v) is 1.39. The molecule has 0 atom stereocenters. The quantitative estimate of drug-likeness (QED) is 0.869. The molecule has 0 fully saturated rings. The highest BCUT2D eigenvalue weighted by Crippen LogP contribution is 2.01. The maximum Gasteiger partial charge on any atom is 0.271 e. The van der Waals surface area contributed by atoms with Crippen LogP contribution in [0.15, 0.2) is 12.4 Å². The van der Waals surface area contributed by atoms with Crippen LogP contribution in [0.5, 0.6) is 0 Å². The Morgan fingerprint density at radius 3 is 2.47 bits per heavy atom. The number of halogens is 1. The van der Waals surface area contributed by atoms with Crippen molar-refractivity contribution < 1.29 is 9.59 Å². The summed E-state index contributed by atoms with van der Waals surface area (Å²) in [6, 6.07) is 0. The second-order valence-corrected chi connectivity index (χ2v) is 5.42. The zero-order valence-corrected chi connectivity index (χ0v) is 11.9. The molecule has 104 valence electrons. The summed E-state index contributed by atoms with van der Waals surface area (Å²) < 4.78 is 0. The van der Waals surface area contributed by atoms with Gasteiger partial charge in [0.1, 0.15) is 10.8 Å². The van der Waals surface area contributed by atoms with Crippen molar-refractivity contribution in [2.75, 3.05) is 6.54 Å². The van der Waals surface area contributed by atoms with E-state index in [1.54, 1.807) is 0 Å². The first kappa shape index (κ1) is 15.4. The average molecular weight is 285 g/mol. The van der Waals surface area contributed by atoms with Gasteiger partial charge in [-0.05, 0) is 20.8 Å². The van der Waals surface area contributed by atoms with Crippen LogP contribution in [0.3, 0.4) is 0 Å². The van der Waals surface area contributed by atoms with E-state index in [2.05, 4.69) is 20.6 Å². The number of hydrogen-bond acceptors (Lipinski definition) is 4. The Hall–Kier alpha value is -1.69. The van der Waals surface area contributed by atoms with E-state index in [0.29, 0.717) is 0 Å². The van der Waals surface area contributed by atoms with E-state index < -0.39 is 0 Å². The van der Waals surface area contributed by atoms with E-state index in [0.717, 1.165) is 0 Å². The molecule has 19 heavy (non-hydrogen) atoms. The molecule has 0 saturated carbocycles. The highest BCUT2D eigenvalue weighted by atomic mass is 35.5. The maximum atomic E-state index is 11.6. The lowest BCUT2D eigenvalue weighted by Gasteiger charge is -2.20. The van der Waals surface area contributed by atoms with Crippen LogP contribution >= 0.6 is 11.6 Å². The summed E-state index contributed by atoms with van der Waals surface area (Å²) in [6.07, 6.45) is 2.79. The predicted octanol–water partition coefficient (Wildman–Crippen LogP) is 1.16. The van der Waals surface area contributed by atoms with Crippen LogP contribution in [0.2, 0.25) is 5.15 Å². The molecule has 0 aliphatic carbocycles. The fraction of sp³-hybridized carbons (Fsp3) is 0.500. The third-order valence-corrected chi connectivity index (χ3v) is 2.20. The summed E-state index contributed by atoms with van der Waals surface area (Å²) in [6.45, 7) is 5.93. The van der Waals surface area contributed by atoms with Gasteiger partial charge in [0.05, 0.1) is 12.4 Å². The monoisotopic (exact) mass is 284 g/mol. The topological polar surface area (TPSA) is 84.0 Å².